The fraction of sp³-hybridized carbons (Fsp3) is 0.333. The fourth-order valence-corrected chi connectivity index (χ4v) is 1.33. The summed E-state index contributed by atoms with van der Waals surface area (Å²) in [6, 6.07) is 2.50. The quantitative estimate of drug-likeness (QED) is 0.448. The van der Waals surface area contributed by atoms with Crippen LogP contribution in [-0.4, -0.2) is 11.5 Å². The predicted octanol–water partition coefficient (Wildman–Crippen LogP) is 2.68. The van der Waals surface area contributed by atoms with Crippen molar-refractivity contribution >= 4 is 5.69 Å². The Morgan fingerprint density at radius 1 is 1.38 bits per heavy atom. The van der Waals surface area contributed by atoms with Gasteiger partial charge in [-0.3, -0.25) is 10.1 Å². The Hall–Kier alpha value is -1.63. The molecule has 0 spiro atoms. The molecule has 1 saturated heterocycles. The van der Waals surface area contributed by atoms with E-state index in [1.165, 1.54) is 0 Å². The van der Waals surface area contributed by atoms with Crippen LogP contribution < -0.4 is 0 Å². The van der Waals surface area contributed by atoms with Gasteiger partial charge in [-0.15, -0.1) is 0 Å². The second kappa shape index (κ2) is 3.44. The summed E-state index contributed by atoms with van der Waals surface area (Å²) in [6.45, 7) is 0.304. The molecule has 1 aliphatic heterocycles. The molecule has 1 atom stereocenters. The van der Waals surface area contributed by atoms with E-state index in [0.29, 0.717) is 12.7 Å². The highest BCUT2D eigenvalue weighted by Gasteiger charge is 2.35. The number of non-ortho nitro benzene ring substituents is 1. The first-order valence-electron chi connectivity index (χ1n) is 4.36. The second-order valence-electron chi connectivity index (χ2n) is 3.39. The zero-order valence-electron chi connectivity index (χ0n) is 7.82. The summed E-state index contributed by atoms with van der Waals surface area (Å²) in [5, 5.41) is 10.5. The van der Waals surface area contributed by atoms with Gasteiger partial charge in [-0.05, 0) is 11.6 Å². The van der Waals surface area contributed by atoms with Crippen molar-refractivity contribution in [2.24, 2.45) is 0 Å². The summed E-state index contributed by atoms with van der Waals surface area (Å²) >= 11 is 0. The van der Waals surface area contributed by atoms with Crippen LogP contribution in [0.15, 0.2) is 18.2 Å². The number of hydrogen-bond acceptors (Lipinski definition) is 3. The molecule has 1 heterocycles. The van der Waals surface area contributed by atoms with Crippen molar-refractivity contribution in [1.29, 1.82) is 0 Å². The van der Waals surface area contributed by atoms with Gasteiger partial charge in [0, 0.05) is 12.1 Å². The number of nitrogens with zero attached hydrogens (tertiary/aromatic N) is 1. The average molecular weight is 233 g/mol. The smallest absolute Gasteiger partial charge is 0.368 e. The highest BCUT2D eigenvalue weighted by atomic mass is 19.4. The molecule has 0 N–H and O–H groups in total. The summed E-state index contributed by atoms with van der Waals surface area (Å²) in [4.78, 5) is 9.63. The second-order valence-corrected chi connectivity index (χ2v) is 3.39. The Balaban J connectivity index is 2.48. The number of hydrogen-bond donors (Lipinski definition) is 0. The minimum atomic E-state index is -4.59. The number of epoxide rings is 1. The first-order chi connectivity index (χ1) is 7.38. The lowest BCUT2D eigenvalue weighted by atomic mass is 10.1. The van der Waals surface area contributed by atoms with Crippen molar-refractivity contribution < 1.29 is 22.8 Å². The molecule has 0 aromatic heterocycles. The maximum absolute atomic E-state index is 12.4. The molecule has 0 amide bonds. The number of ether oxygens (including phenoxy) is 1. The van der Waals surface area contributed by atoms with Crippen LogP contribution in [-0.2, 0) is 10.9 Å². The van der Waals surface area contributed by atoms with Gasteiger partial charge < -0.3 is 4.74 Å². The van der Waals surface area contributed by atoms with Crippen LogP contribution in [0.1, 0.15) is 17.2 Å². The lowest BCUT2D eigenvalue weighted by Crippen LogP contribution is -2.06. The topological polar surface area (TPSA) is 55.7 Å². The van der Waals surface area contributed by atoms with Crippen LogP contribution in [0, 0.1) is 10.1 Å². The van der Waals surface area contributed by atoms with Crippen molar-refractivity contribution in [2.75, 3.05) is 6.61 Å². The van der Waals surface area contributed by atoms with E-state index in [9.17, 15) is 23.3 Å². The summed E-state index contributed by atoms with van der Waals surface area (Å²) in [7, 11) is 0. The molecule has 1 aromatic rings. The molecule has 2 rings (SSSR count). The Morgan fingerprint density at radius 2 is 2.00 bits per heavy atom. The largest absolute Gasteiger partial charge is 0.416 e. The third-order valence-corrected chi connectivity index (χ3v) is 2.18. The van der Waals surface area contributed by atoms with Crippen molar-refractivity contribution in [3.63, 3.8) is 0 Å². The number of nitro groups is 1. The number of benzene rings is 1. The molecular weight excluding hydrogens is 227 g/mol. The average Bonchev–Trinajstić information content (AvgIpc) is 2.98. The molecule has 0 saturated carbocycles. The summed E-state index contributed by atoms with van der Waals surface area (Å²) < 4.78 is 42.1. The Kier molecular flexibility index (Phi) is 2.34. The number of halogens is 3. The van der Waals surface area contributed by atoms with Crippen molar-refractivity contribution in [3.05, 3.63) is 39.4 Å². The van der Waals surface area contributed by atoms with E-state index < -0.39 is 28.5 Å². The zero-order chi connectivity index (χ0) is 11.9. The van der Waals surface area contributed by atoms with Gasteiger partial charge in [0.1, 0.15) is 6.10 Å². The van der Waals surface area contributed by atoms with Gasteiger partial charge in [-0.2, -0.15) is 13.2 Å². The lowest BCUT2D eigenvalue weighted by Gasteiger charge is -2.07. The normalized spacial score (nSPS) is 19.6. The van der Waals surface area contributed by atoms with Crippen molar-refractivity contribution in [2.45, 2.75) is 12.3 Å². The number of nitro benzene ring substituents is 1. The van der Waals surface area contributed by atoms with E-state index in [4.69, 9.17) is 4.74 Å². The molecule has 1 aromatic carbocycles. The highest BCUT2D eigenvalue weighted by Crippen LogP contribution is 2.37. The van der Waals surface area contributed by atoms with Gasteiger partial charge in [-0.25, -0.2) is 0 Å². The summed E-state index contributed by atoms with van der Waals surface area (Å²) in [5.41, 5.74) is -1.39. The molecule has 4 nitrogen and oxygen atoms in total. The Bertz CT molecular complexity index is 440. The van der Waals surface area contributed by atoms with Crippen LogP contribution in [0.3, 0.4) is 0 Å². The summed E-state index contributed by atoms with van der Waals surface area (Å²) in [6.07, 6.45) is -5.03. The van der Waals surface area contributed by atoms with Crippen LogP contribution in [0.4, 0.5) is 18.9 Å². The van der Waals surface area contributed by atoms with Gasteiger partial charge >= 0.3 is 6.18 Å². The van der Waals surface area contributed by atoms with Crippen LogP contribution in [0.2, 0.25) is 0 Å². The first-order valence-corrected chi connectivity index (χ1v) is 4.36. The monoisotopic (exact) mass is 233 g/mol. The standard InChI is InChI=1S/C9H6F3NO3/c10-9(11,12)6-1-5(8-4-16-8)2-7(3-6)13(14)15/h1-3,8H,4H2/t8-/m1/s1. The summed E-state index contributed by atoms with van der Waals surface area (Å²) in [5.74, 6) is 0. The van der Waals surface area contributed by atoms with E-state index in [0.717, 1.165) is 12.1 Å². The molecular formula is C9H6F3NO3. The van der Waals surface area contributed by atoms with Gasteiger partial charge in [0.15, 0.2) is 0 Å². The van der Waals surface area contributed by atoms with Crippen molar-refractivity contribution in [3.8, 4) is 0 Å². The molecule has 0 aliphatic carbocycles. The minimum Gasteiger partial charge on any atom is -0.368 e. The zero-order valence-corrected chi connectivity index (χ0v) is 7.82. The molecule has 0 bridgehead atoms. The molecule has 0 radical (unpaired) electrons. The number of alkyl halides is 3. The van der Waals surface area contributed by atoms with Crippen molar-refractivity contribution in [1.82, 2.24) is 0 Å². The molecule has 1 fully saturated rings. The van der Waals surface area contributed by atoms with E-state index in [1.54, 1.807) is 0 Å². The maximum atomic E-state index is 12.4. The third kappa shape index (κ3) is 2.13. The van der Waals surface area contributed by atoms with E-state index in [1.807, 2.05) is 0 Å². The van der Waals surface area contributed by atoms with Gasteiger partial charge in [0.2, 0.25) is 0 Å². The Labute approximate surface area is 87.8 Å². The third-order valence-electron chi connectivity index (χ3n) is 2.18. The number of rotatable bonds is 2. The molecule has 1 aliphatic rings. The molecule has 86 valence electrons. The first kappa shape index (κ1) is 10.9. The lowest BCUT2D eigenvalue weighted by molar-refractivity contribution is -0.385. The molecule has 0 unspecified atom stereocenters. The maximum Gasteiger partial charge on any atom is 0.416 e. The van der Waals surface area contributed by atoms with Gasteiger partial charge in [0.25, 0.3) is 5.69 Å². The molecule has 16 heavy (non-hydrogen) atoms. The van der Waals surface area contributed by atoms with Gasteiger partial charge in [-0.1, -0.05) is 0 Å². The van der Waals surface area contributed by atoms with Crippen LogP contribution in [0.5, 0.6) is 0 Å². The highest BCUT2D eigenvalue weighted by molar-refractivity contribution is 5.42. The fourth-order valence-electron chi connectivity index (χ4n) is 1.33. The predicted molar refractivity (Wildman–Crippen MR) is 46.8 cm³/mol. The molecule has 7 heteroatoms. The van der Waals surface area contributed by atoms with Gasteiger partial charge in [0.05, 0.1) is 17.1 Å². The van der Waals surface area contributed by atoms with E-state index >= 15 is 0 Å². The van der Waals surface area contributed by atoms with Crippen LogP contribution in [0.25, 0.3) is 0 Å². The minimum absolute atomic E-state index is 0.196. The SMILES string of the molecule is O=[N+]([O-])c1cc([C@H]2CO2)cc(C(F)(F)F)c1. The van der Waals surface area contributed by atoms with E-state index in [-0.39, 0.29) is 5.56 Å². The van der Waals surface area contributed by atoms with Crippen LogP contribution >= 0.6 is 0 Å². The Morgan fingerprint density at radius 3 is 2.44 bits per heavy atom. The van der Waals surface area contributed by atoms with E-state index in [2.05, 4.69) is 0 Å².